The number of nitrogens with zero attached hydrogens (tertiary/aromatic N) is 1. The molecule has 13 rings (SSSR count). The molecule has 0 atom stereocenters. The molecule has 0 unspecified atom stereocenters. The Bertz CT molecular complexity index is 3750. The fourth-order valence-electron chi connectivity index (χ4n) is 10.9. The van der Waals surface area contributed by atoms with Crippen LogP contribution in [0.1, 0.15) is 22.3 Å². The lowest BCUT2D eigenvalue weighted by molar-refractivity contribution is 0.768. The SMILES string of the molecule is c1ccc(C2(c3ccccc3)c3ccccc3-c3c(-c4ccc(N(c5ccc(-c6cccc(-c7ccc8ccccc8c7)c6)cc5)c5cccc6c5sc5ccccc56)cc4)cccc32)cc1. The number of rotatable bonds is 8. The maximum Gasteiger partial charge on any atom is 0.0713 e. The first-order chi connectivity index (χ1) is 33.2. The molecule has 0 radical (unpaired) electrons. The lowest BCUT2D eigenvalue weighted by Crippen LogP contribution is -2.28. The Morgan fingerprint density at radius 1 is 0.328 bits per heavy atom. The van der Waals surface area contributed by atoms with Crippen LogP contribution in [0.5, 0.6) is 0 Å². The minimum absolute atomic E-state index is 0.450. The third-order valence-corrected chi connectivity index (χ3v) is 15.2. The van der Waals surface area contributed by atoms with E-state index in [1.165, 1.54) is 103 Å². The van der Waals surface area contributed by atoms with E-state index in [0.29, 0.717) is 0 Å². The molecule has 0 saturated heterocycles. The van der Waals surface area contributed by atoms with Crippen LogP contribution in [0.2, 0.25) is 0 Å². The Balaban J connectivity index is 0.930. The van der Waals surface area contributed by atoms with Gasteiger partial charge >= 0.3 is 0 Å². The summed E-state index contributed by atoms with van der Waals surface area (Å²) in [7, 11) is 0. The summed E-state index contributed by atoms with van der Waals surface area (Å²) in [5, 5.41) is 5.08. The van der Waals surface area contributed by atoms with Crippen molar-refractivity contribution in [2.24, 2.45) is 0 Å². The summed E-state index contributed by atoms with van der Waals surface area (Å²) in [6.07, 6.45) is 0. The zero-order valence-corrected chi connectivity index (χ0v) is 37.5. The second kappa shape index (κ2) is 16.0. The van der Waals surface area contributed by atoms with Gasteiger partial charge in [-0.25, -0.2) is 0 Å². The molecule has 0 fully saturated rings. The van der Waals surface area contributed by atoms with Crippen LogP contribution in [0.15, 0.2) is 261 Å². The molecule has 0 amide bonds. The van der Waals surface area contributed by atoms with Crippen molar-refractivity contribution in [1.82, 2.24) is 0 Å². The van der Waals surface area contributed by atoms with Gasteiger partial charge in [0.2, 0.25) is 0 Å². The second-order valence-corrected chi connectivity index (χ2v) is 18.6. The maximum atomic E-state index is 2.44. The van der Waals surface area contributed by atoms with Crippen LogP contribution in [-0.4, -0.2) is 0 Å². The van der Waals surface area contributed by atoms with E-state index in [0.717, 1.165) is 11.4 Å². The number of hydrogen-bond acceptors (Lipinski definition) is 2. The number of anilines is 3. The molecule has 2 heteroatoms. The molecule has 1 nitrogen and oxygen atoms in total. The molecule has 1 aliphatic rings. The highest BCUT2D eigenvalue weighted by Crippen LogP contribution is 2.58. The van der Waals surface area contributed by atoms with Crippen LogP contribution in [0.4, 0.5) is 17.1 Å². The molecule has 1 aromatic heterocycles. The first-order valence-corrected chi connectivity index (χ1v) is 23.9. The smallest absolute Gasteiger partial charge is 0.0713 e. The number of hydrogen-bond donors (Lipinski definition) is 0. The number of fused-ring (bicyclic) bond motifs is 7. The summed E-state index contributed by atoms with van der Waals surface area (Å²) >= 11 is 1.87. The van der Waals surface area contributed by atoms with Crippen LogP contribution < -0.4 is 4.90 Å². The van der Waals surface area contributed by atoms with E-state index in [1.807, 2.05) is 11.3 Å². The summed E-state index contributed by atoms with van der Waals surface area (Å²) in [4.78, 5) is 2.44. The van der Waals surface area contributed by atoms with Crippen molar-refractivity contribution < 1.29 is 0 Å². The Hall–Kier alpha value is -8.30. The zero-order valence-electron chi connectivity index (χ0n) is 36.7. The van der Waals surface area contributed by atoms with Crippen LogP contribution in [0, 0.1) is 0 Å². The van der Waals surface area contributed by atoms with Gasteiger partial charge in [-0.2, -0.15) is 0 Å². The molecule has 0 aliphatic heterocycles. The first-order valence-electron chi connectivity index (χ1n) is 23.1. The Morgan fingerprint density at radius 2 is 0.866 bits per heavy atom. The fraction of sp³-hybridized carbons (Fsp3) is 0.0154. The molecule has 11 aromatic carbocycles. The van der Waals surface area contributed by atoms with Crippen molar-refractivity contribution in [3.8, 4) is 44.5 Å². The molecular formula is C65H43NS. The minimum atomic E-state index is -0.450. The van der Waals surface area contributed by atoms with E-state index in [-0.39, 0.29) is 0 Å². The van der Waals surface area contributed by atoms with Crippen LogP contribution >= 0.6 is 11.3 Å². The van der Waals surface area contributed by atoms with Gasteiger partial charge in [0, 0.05) is 26.8 Å². The predicted octanol–water partition coefficient (Wildman–Crippen LogP) is 18.0. The maximum absolute atomic E-state index is 2.44. The van der Waals surface area contributed by atoms with Gasteiger partial charge in [-0.3, -0.25) is 0 Å². The van der Waals surface area contributed by atoms with Crippen LogP contribution in [-0.2, 0) is 5.41 Å². The van der Waals surface area contributed by atoms with Crippen molar-refractivity contribution in [2.45, 2.75) is 5.41 Å². The van der Waals surface area contributed by atoms with Crippen molar-refractivity contribution in [1.29, 1.82) is 0 Å². The van der Waals surface area contributed by atoms with E-state index in [2.05, 4.69) is 266 Å². The molecule has 1 aliphatic carbocycles. The first kappa shape index (κ1) is 39.1. The average Bonchev–Trinajstić information content (AvgIpc) is 3.94. The standard InChI is InChI=1S/C65H43NS/c1-3-20-51(21-4-1)65(52-22-5-2-6-23-52)59-28-11-9-25-58(59)63-55(26-14-29-60(63)65)46-36-40-54(41-37-46)66(61-30-15-27-57-56-24-10-12-31-62(56)67-64(57)61)53-38-34-45(35-39-53)48-18-13-19-49(42-48)50-33-32-44-16-7-8-17-47(44)43-50/h1-43H. The largest absolute Gasteiger partial charge is 0.309 e. The molecule has 314 valence electrons. The summed E-state index contributed by atoms with van der Waals surface area (Å²) in [6.45, 7) is 0. The van der Waals surface area contributed by atoms with E-state index in [9.17, 15) is 0 Å². The summed E-state index contributed by atoms with van der Waals surface area (Å²) in [6, 6.07) is 96.2. The van der Waals surface area contributed by atoms with E-state index in [1.54, 1.807) is 0 Å². The summed E-state index contributed by atoms with van der Waals surface area (Å²) in [5.74, 6) is 0. The van der Waals surface area contributed by atoms with Gasteiger partial charge in [0.05, 0.1) is 15.8 Å². The van der Waals surface area contributed by atoms with Gasteiger partial charge in [-0.15, -0.1) is 11.3 Å². The monoisotopic (exact) mass is 869 g/mol. The predicted molar refractivity (Wildman–Crippen MR) is 285 cm³/mol. The van der Waals surface area contributed by atoms with Gasteiger partial charge in [-0.05, 0) is 126 Å². The summed E-state index contributed by atoms with van der Waals surface area (Å²) < 4.78 is 2.57. The molecule has 67 heavy (non-hydrogen) atoms. The van der Waals surface area contributed by atoms with Crippen LogP contribution in [0.25, 0.3) is 75.5 Å². The van der Waals surface area contributed by atoms with Gasteiger partial charge in [-0.1, -0.05) is 212 Å². The topological polar surface area (TPSA) is 3.24 Å². The fourth-order valence-corrected chi connectivity index (χ4v) is 12.1. The highest BCUT2D eigenvalue weighted by atomic mass is 32.1. The molecule has 0 spiro atoms. The summed E-state index contributed by atoms with van der Waals surface area (Å²) in [5.41, 5.74) is 17.9. The normalized spacial score (nSPS) is 12.6. The van der Waals surface area contributed by atoms with Crippen LogP contribution in [0.3, 0.4) is 0 Å². The van der Waals surface area contributed by atoms with Gasteiger partial charge in [0.1, 0.15) is 0 Å². The lowest BCUT2D eigenvalue weighted by atomic mass is 9.67. The molecule has 0 N–H and O–H groups in total. The van der Waals surface area contributed by atoms with Gasteiger partial charge in [0.15, 0.2) is 0 Å². The Morgan fingerprint density at radius 3 is 1.63 bits per heavy atom. The Kier molecular flexibility index (Phi) is 9.33. The third-order valence-electron chi connectivity index (χ3n) is 13.9. The molecular weight excluding hydrogens is 827 g/mol. The van der Waals surface area contributed by atoms with Crippen molar-refractivity contribution in [3.05, 3.63) is 283 Å². The van der Waals surface area contributed by atoms with E-state index < -0.39 is 5.41 Å². The highest BCUT2D eigenvalue weighted by molar-refractivity contribution is 7.26. The minimum Gasteiger partial charge on any atom is -0.309 e. The molecule has 0 bridgehead atoms. The van der Waals surface area contributed by atoms with E-state index >= 15 is 0 Å². The van der Waals surface area contributed by atoms with Gasteiger partial charge in [0.25, 0.3) is 0 Å². The number of thiophene rings is 1. The quantitative estimate of drug-likeness (QED) is 0.147. The third kappa shape index (κ3) is 6.37. The molecule has 1 heterocycles. The average molecular weight is 870 g/mol. The van der Waals surface area contributed by atoms with Gasteiger partial charge < -0.3 is 4.90 Å². The molecule has 12 aromatic rings. The van der Waals surface area contributed by atoms with Crippen molar-refractivity contribution in [2.75, 3.05) is 4.90 Å². The Labute approximate surface area is 395 Å². The zero-order chi connectivity index (χ0) is 44.3. The second-order valence-electron chi connectivity index (χ2n) is 17.6. The molecule has 0 saturated carbocycles. The number of benzene rings is 11. The van der Waals surface area contributed by atoms with Crippen molar-refractivity contribution in [3.63, 3.8) is 0 Å². The lowest BCUT2D eigenvalue weighted by Gasteiger charge is -2.34. The highest BCUT2D eigenvalue weighted by Gasteiger charge is 2.46. The van der Waals surface area contributed by atoms with Crippen molar-refractivity contribution >= 4 is 59.3 Å². The van der Waals surface area contributed by atoms with E-state index in [4.69, 9.17) is 0 Å².